The van der Waals surface area contributed by atoms with Crippen LogP contribution < -0.4 is 10.2 Å². The Bertz CT molecular complexity index is 923. The molecule has 2 aromatic rings. The highest BCUT2D eigenvalue weighted by Crippen LogP contribution is 2.44. The van der Waals surface area contributed by atoms with Gasteiger partial charge in [0.25, 0.3) is 5.91 Å². The van der Waals surface area contributed by atoms with Crippen LogP contribution in [0.4, 0.5) is 10.1 Å². The largest absolute Gasteiger partial charge is 0.381 e. The summed E-state index contributed by atoms with van der Waals surface area (Å²) in [4.78, 5) is 22.8. The van der Waals surface area contributed by atoms with Gasteiger partial charge in [0.05, 0.1) is 23.5 Å². The van der Waals surface area contributed by atoms with Crippen LogP contribution in [-0.4, -0.2) is 72.0 Å². The molecule has 1 N–H and O–H groups in total. The summed E-state index contributed by atoms with van der Waals surface area (Å²) < 4.78 is 7.46. The molecular formula is C22H32N6O2S. The molecule has 0 unspecified atom stereocenters. The Morgan fingerprint density at radius 1 is 1.16 bits per heavy atom. The molecule has 3 fully saturated rings. The number of aromatic nitrogens is 3. The third-order valence-electron chi connectivity index (χ3n) is 6.96. The van der Waals surface area contributed by atoms with E-state index in [0.717, 1.165) is 57.9 Å². The molecule has 9 heteroatoms. The topological polar surface area (TPSA) is 75.5 Å². The van der Waals surface area contributed by atoms with E-state index in [4.69, 9.17) is 9.72 Å². The third-order valence-corrected chi connectivity index (χ3v) is 8.01. The van der Waals surface area contributed by atoms with E-state index in [2.05, 4.69) is 27.3 Å². The second kappa shape index (κ2) is 8.88. The number of nitrogens with zero attached hydrogens (tertiary/aromatic N) is 5. The molecule has 2 aromatic heterocycles. The average molecular weight is 445 g/mol. The van der Waals surface area contributed by atoms with Crippen molar-refractivity contribution in [3.05, 3.63) is 23.1 Å². The molecule has 4 heterocycles. The molecule has 0 radical (unpaired) electrons. The first-order chi connectivity index (χ1) is 15.1. The second-order valence-electron chi connectivity index (χ2n) is 9.01. The third kappa shape index (κ3) is 4.23. The van der Waals surface area contributed by atoms with Gasteiger partial charge in [-0.25, -0.2) is 4.98 Å². The summed E-state index contributed by atoms with van der Waals surface area (Å²) in [5.74, 6) is 0.421. The van der Waals surface area contributed by atoms with Gasteiger partial charge in [-0.15, -0.1) is 0 Å². The number of likely N-dealkylation sites (N-methyl/N-ethyl adjacent to an activating group) is 1. The quantitative estimate of drug-likeness (QED) is 0.763. The van der Waals surface area contributed by atoms with Crippen molar-refractivity contribution >= 4 is 27.4 Å². The zero-order chi connectivity index (χ0) is 21.4. The molecule has 0 atom stereocenters. The predicted octanol–water partition coefficient (Wildman–Crippen LogP) is 3.27. The van der Waals surface area contributed by atoms with Crippen molar-refractivity contribution in [1.82, 2.24) is 19.7 Å². The predicted molar refractivity (Wildman–Crippen MR) is 122 cm³/mol. The fraction of sp³-hybridized carbons (Fsp3) is 0.682. The van der Waals surface area contributed by atoms with Crippen molar-refractivity contribution in [2.75, 3.05) is 56.7 Å². The van der Waals surface area contributed by atoms with E-state index >= 15 is 0 Å². The molecule has 31 heavy (non-hydrogen) atoms. The zero-order valence-corrected chi connectivity index (χ0v) is 19.3. The van der Waals surface area contributed by atoms with Crippen LogP contribution in [0.1, 0.15) is 65.8 Å². The van der Waals surface area contributed by atoms with Gasteiger partial charge in [0.2, 0.25) is 0 Å². The zero-order valence-electron chi connectivity index (χ0n) is 18.5. The summed E-state index contributed by atoms with van der Waals surface area (Å²) >= 11 is 1.63. The number of hydrogen-bond acceptors (Lipinski definition) is 7. The van der Waals surface area contributed by atoms with Gasteiger partial charge in [0, 0.05) is 51.0 Å². The van der Waals surface area contributed by atoms with Crippen LogP contribution in [0.3, 0.4) is 0 Å². The summed E-state index contributed by atoms with van der Waals surface area (Å²) in [5.41, 5.74) is 2.73. The first-order valence-corrected chi connectivity index (χ1v) is 12.3. The van der Waals surface area contributed by atoms with Crippen LogP contribution in [0.2, 0.25) is 0 Å². The lowest BCUT2D eigenvalue weighted by atomic mass is 9.83. The maximum Gasteiger partial charge on any atom is 0.260 e. The van der Waals surface area contributed by atoms with E-state index < -0.39 is 0 Å². The standard InChI is InChI=1S/C22H32N6O2S/c1-15-18(14-23-28(15)17-6-12-30-13-7-17)20(29)25-22-24-19(16-4-3-5-16)21(31-22)27-10-8-26(2)9-11-27/h14,16-17H,3-13H2,1-2H3,(H,24,25,29). The van der Waals surface area contributed by atoms with Gasteiger partial charge < -0.3 is 14.5 Å². The van der Waals surface area contributed by atoms with Crippen molar-refractivity contribution < 1.29 is 9.53 Å². The van der Waals surface area contributed by atoms with E-state index in [0.29, 0.717) is 22.7 Å². The van der Waals surface area contributed by atoms with Crippen LogP contribution >= 0.6 is 11.3 Å². The highest BCUT2D eigenvalue weighted by atomic mass is 32.1. The highest BCUT2D eigenvalue weighted by molar-refractivity contribution is 7.19. The average Bonchev–Trinajstić information content (AvgIpc) is 3.32. The van der Waals surface area contributed by atoms with Crippen LogP contribution in [0.25, 0.3) is 0 Å². The Hall–Kier alpha value is -1.97. The Morgan fingerprint density at radius 2 is 1.90 bits per heavy atom. The molecule has 168 valence electrons. The summed E-state index contributed by atoms with van der Waals surface area (Å²) in [5, 5.41) is 9.57. The van der Waals surface area contributed by atoms with Crippen LogP contribution in [0.5, 0.6) is 0 Å². The first kappa shape index (κ1) is 20.9. The smallest absolute Gasteiger partial charge is 0.260 e. The van der Waals surface area contributed by atoms with Gasteiger partial charge in [-0.2, -0.15) is 5.10 Å². The molecule has 1 aliphatic carbocycles. The fourth-order valence-corrected chi connectivity index (χ4v) is 5.77. The minimum atomic E-state index is -0.116. The molecule has 0 spiro atoms. The van der Waals surface area contributed by atoms with E-state index in [1.54, 1.807) is 17.5 Å². The highest BCUT2D eigenvalue weighted by Gasteiger charge is 2.30. The maximum absolute atomic E-state index is 13.1. The van der Waals surface area contributed by atoms with Gasteiger partial charge in [0.1, 0.15) is 5.00 Å². The number of nitrogens with one attached hydrogen (secondary N) is 1. The molecule has 5 rings (SSSR count). The second-order valence-corrected chi connectivity index (χ2v) is 9.99. The van der Waals surface area contributed by atoms with Gasteiger partial charge in [-0.05, 0) is 39.7 Å². The van der Waals surface area contributed by atoms with Crippen LogP contribution in [-0.2, 0) is 4.74 Å². The van der Waals surface area contributed by atoms with Crippen molar-refractivity contribution in [2.24, 2.45) is 0 Å². The van der Waals surface area contributed by atoms with E-state index in [9.17, 15) is 4.79 Å². The van der Waals surface area contributed by atoms with Gasteiger partial charge in [0.15, 0.2) is 5.13 Å². The lowest BCUT2D eigenvalue weighted by molar-refractivity contribution is 0.0656. The Kier molecular flexibility index (Phi) is 5.99. The minimum Gasteiger partial charge on any atom is -0.381 e. The molecular weight excluding hydrogens is 412 g/mol. The lowest BCUT2D eigenvalue weighted by Gasteiger charge is -2.35. The summed E-state index contributed by atoms with van der Waals surface area (Å²) in [6.07, 6.45) is 7.26. The SMILES string of the molecule is Cc1c(C(=O)Nc2nc(C3CCC3)c(N3CCN(C)CC3)s2)cnn1C1CCOCC1. The Balaban J connectivity index is 1.34. The van der Waals surface area contributed by atoms with Gasteiger partial charge >= 0.3 is 0 Å². The Morgan fingerprint density at radius 3 is 2.58 bits per heavy atom. The van der Waals surface area contributed by atoms with Crippen molar-refractivity contribution in [3.63, 3.8) is 0 Å². The maximum atomic E-state index is 13.1. The minimum absolute atomic E-state index is 0.116. The van der Waals surface area contributed by atoms with Gasteiger partial charge in [-0.1, -0.05) is 17.8 Å². The van der Waals surface area contributed by atoms with Crippen molar-refractivity contribution in [1.29, 1.82) is 0 Å². The first-order valence-electron chi connectivity index (χ1n) is 11.5. The van der Waals surface area contributed by atoms with E-state index in [1.165, 1.54) is 30.0 Å². The lowest BCUT2D eigenvalue weighted by Crippen LogP contribution is -2.44. The molecule has 8 nitrogen and oxygen atoms in total. The molecule has 3 aliphatic rings. The molecule has 0 bridgehead atoms. The van der Waals surface area contributed by atoms with Crippen LogP contribution in [0.15, 0.2) is 6.20 Å². The number of ether oxygens (including phenoxy) is 1. The number of piperazine rings is 1. The van der Waals surface area contributed by atoms with E-state index in [-0.39, 0.29) is 5.91 Å². The summed E-state index contributed by atoms with van der Waals surface area (Å²) in [7, 11) is 2.17. The normalized spacial score (nSPS) is 21.3. The summed E-state index contributed by atoms with van der Waals surface area (Å²) in [6.45, 7) is 7.65. The number of carbonyl (C=O) groups is 1. The summed E-state index contributed by atoms with van der Waals surface area (Å²) in [6, 6.07) is 0.309. The number of carbonyl (C=O) groups excluding carboxylic acids is 1. The monoisotopic (exact) mass is 444 g/mol. The molecule has 2 saturated heterocycles. The van der Waals surface area contributed by atoms with Crippen molar-refractivity contribution in [2.45, 2.75) is 51.0 Å². The Labute approximate surface area is 187 Å². The number of thiazole rings is 1. The fourth-order valence-electron chi connectivity index (χ4n) is 4.67. The molecule has 0 aromatic carbocycles. The van der Waals surface area contributed by atoms with E-state index in [1.807, 2.05) is 11.6 Å². The molecule has 1 amide bonds. The number of rotatable bonds is 5. The molecule has 1 saturated carbocycles. The van der Waals surface area contributed by atoms with Gasteiger partial charge in [-0.3, -0.25) is 14.8 Å². The van der Waals surface area contributed by atoms with Crippen LogP contribution in [0, 0.1) is 6.92 Å². The molecule has 2 aliphatic heterocycles. The number of amides is 1. The van der Waals surface area contributed by atoms with Crippen molar-refractivity contribution in [3.8, 4) is 0 Å². The number of anilines is 2. The number of hydrogen-bond donors (Lipinski definition) is 1.